The number of nitrogens with one attached hydrogen (secondary N) is 1. The van der Waals surface area contributed by atoms with Crippen LogP contribution in [0.4, 0.5) is 0 Å². The van der Waals surface area contributed by atoms with Crippen molar-refractivity contribution in [1.29, 1.82) is 0 Å². The van der Waals surface area contributed by atoms with E-state index in [1.807, 2.05) is 30.5 Å². The van der Waals surface area contributed by atoms with Crippen LogP contribution >= 0.6 is 11.3 Å². The van der Waals surface area contributed by atoms with Crippen molar-refractivity contribution >= 4 is 38.1 Å². The number of sulfone groups is 1. The molecule has 0 spiro atoms. The molecule has 1 N–H and O–H groups in total. The van der Waals surface area contributed by atoms with Crippen molar-refractivity contribution in [3.8, 4) is 10.6 Å². The van der Waals surface area contributed by atoms with Crippen molar-refractivity contribution in [2.75, 3.05) is 11.5 Å². The minimum atomic E-state index is -3.07. The second kappa shape index (κ2) is 8.26. The highest BCUT2D eigenvalue weighted by Crippen LogP contribution is 2.33. The number of fused-ring (bicyclic) bond motifs is 1. The number of hydrogen-bond donors (Lipinski definition) is 1. The number of rotatable bonds is 4. The molecule has 1 amide bonds. The summed E-state index contributed by atoms with van der Waals surface area (Å²) in [6.45, 7) is 4.07. The molecule has 1 saturated carbocycles. The Morgan fingerprint density at radius 1 is 1.25 bits per heavy atom. The van der Waals surface area contributed by atoms with E-state index in [1.54, 1.807) is 16.0 Å². The molecule has 0 bridgehead atoms. The van der Waals surface area contributed by atoms with Crippen LogP contribution < -0.4 is 5.32 Å². The van der Waals surface area contributed by atoms with Crippen LogP contribution in [0.3, 0.4) is 0 Å². The molecule has 3 atom stereocenters. The molecule has 7 nitrogen and oxygen atoms in total. The van der Waals surface area contributed by atoms with E-state index in [2.05, 4.69) is 17.3 Å². The van der Waals surface area contributed by atoms with Gasteiger partial charge in [0.2, 0.25) is 0 Å². The van der Waals surface area contributed by atoms with Crippen molar-refractivity contribution in [3.63, 3.8) is 0 Å². The Morgan fingerprint density at radius 2 is 2.06 bits per heavy atom. The fourth-order valence-electron chi connectivity index (χ4n) is 5.04. The lowest BCUT2D eigenvalue weighted by Gasteiger charge is -2.29. The van der Waals surface area contributed by atoms with Crippen LogP contribution in [0.1, 0.15) is 61.1 Å². The summed E-state index contributed by atoms with van der Waals surface area (Å²) >= 11 is 1.57. The number of hydrogen-bond acceptors (Lipinski definition) is 6. The van der Waals surface area contributed by atoms with Gasteiger partial charge in [-0.05, 0) is 49.6 Å². The van der Waals surface area contributed by atoms with Crippen molar-refractivity contribution in [2.45, 2.75) is 58.0 Å². The van der Waals surface area contributed by atoms with Crippen molar-refractivity contribution in [1.82, 2.24) is 20.1 Å². The maximum Gasteiger partial charge on any atom is 0.252 e. The van der Waals surface area contributed by atoms with Crippen molar-refractivity contribution in [2.24, 2.45) is 5.92 Å². The second-order valence-corrected chi connectivity index (χ2v) is 12.3. The van der Waals surface area contributed by atoms with Gasteiger partial charge in [-0.1, -0.05) is 25.8 Å². The van der Waals surface area contributed by atoms with Gasteiger partial charge in [-0.15, -0.1) is 11.3 Å². The SMILES string of the molecule is Cc1nn([C@H]2CCS(=O)(=O)C2)c2nc(-c3cccs3)cc(C(=O)N[C@@H]3CCCC[C@@H]3C)c12. The molecule has 170 valence electrons. The second-order valence-electron chi connectivity index (χ2n) is 9.16. The van der Waals surface area contributed by atoms with Crippen molar-refractivity contribution < 1.29 is 13.2 Å². The molecule has 1 aliphatic carbocycles. The molecule has 3 aromatic heterocycles. The molecule has 3 aromatic rings. The fraction of sp³-hybridized carbons (Fsp3) is 0.522. The third-order valence-electron chi connectivity index (χ3n) is 6.84. The summed E-state index contributed by atoms with van der Waals surface area (Å²) in [5.74, 6) is 0.579. The molecular formula is C23H28N4O3S2. The predicted molar refractivity (Wildman–Crippen MR) is 127 cm³/mol. The highest BCUT2D eigenvalue weighted by Gasteiger charge is 2.33. The largest absolute Gasteiger partial charge is 0.349 e. The molecular weight excluding hydrogens is 444 g/mol. The Hall–Kier alpha value is -2.26. The van der Waals surface area contributed by atoms with E-state index in [-0.39, 0.29) is 29.5 Å². The molecule has 2 fully saturated rings. The standard InChI is InChI=1S/C23H28N4O3S2/c1-14-6-3-4-7-18(14)25-23(28)17-12-19(20-8-5-10-31-20)24-22-21(17)15(2)26-27(22)16-9-11-32(29,30)13-16/h5,8,10,12,14,16,18H,3-4,6-7,9,11,13H2,1-2H3,(H,25,28)/t14-,16-,18+/m0/s1. The van der Waals surface area contributed by atoms with E-state index in [0.717, 1.165) is 35.2 Å². The predicted octanol–water partition coefficient (Wildman–Crippen LogP) is 4.14. The first-order valence-electron chi connectivity index (χ1n) is 11.3. The summed E-state index contributed by atoms with van der Waals surface area (Å²) in [7, 11) is -3.07. The van der Waals surface area contributed by atoms with E-state index in [9.17, 15) is 13.2 Å². The fourth-order valence-corrected chi connectivity index (χ4v) is 7.42. The average molecular weight is 473 g/mol. The first-order valence-corrected chi connectivity index (χ1v) is 14.0. The van der Waals surface area contributed by atoms with Crippen LogP contribution in [0.15, 0.2) is 23.6 Å². The normalized spacial score (nSPS) is 25.2. The van der Waals surface area contributed by atoms with Crippen LogP contribution in [0.25, 0.3) is 21.6 Å². The number of amides is 1. The van der Waals surface area contributed by atoms with Gasteiger partial charge in [0.15, 0.2) is 15.5 Å². The summed E-state index contributed by atoms with van der Waals surface area (Å²) < 4.78 is 26.0. The summed E-state index contributed by atoms with van der Waals surface area (Å²) in [4.78, 5) is 19.4. The number of aryl methyl sites for hydroxylation is 1. The summed E-state index contributed by atoms with van der Waals surface area (Å²) in [6, 6.07) is 5.72. The first kappa shape index (κ1) is 21.6. The third kappa shape index (κ3) is 3.96. The molecule has 2 aliphatic rings. The van der Waals surface area contributed by atoms with Gasteiger partial charge in [0.1, 0.15) is 0 Å². The van der Waals surface area contributed by atoms with Gasteiger partial charge in [0.05, 0.1) is 44.8 Å². The smallest absolute Gasteiger partial charge is 0.252 e. The minimum Gasteiger partial charge on any atom is -0.349 e. The lowest BCUT2D eigenvalue weighted by molar-refractivity contribution is 0.0912. The lowest BCUT2D eigenvalue weighted by Crippen LogP contribution is -2.41. The molecule has 0 unspecified atom stereocenters. The topological polar surface area (TPSA) is 93.9 Å². The molecule has 5 rings (SSSR count). The Morgan fingerprint density at radius 3 is 2.75 bits per heavy atom. The number of aromatic nitrogens is 3. The number of carbonyl (C=O) groups excluding carboxylic acids is 1. The molecule has 9 heteroatoms. The van der Waals surface area contributed by atoms with E-state index < -0.39 is 9.84 Å². The third-order valence-corrected chi connectivity index (χ3v) is 9.48. The molecule has 4 heterocycles. The lowest BCUT2D eigenvalue weighted by atomic mass is 9.86. The van der Waals surface area contributed by atoms with Crippen LogP contribution in [-0.4, -0.2) is 46.6 Å². The zero-order valence-electron chi connectivity index (χ0n) is 18.4. The Labute approximate surface area is 192 Å². The molecule has 32 heavy (non-hydrogen) atoms. The highest BCUT2D eigenvalue weighted by molar-refractivity contribution is 7.91. The molecule has 0 radical (unpaired) electrons. The van der Waals surface area contributed by atoms with Crippen LogP contribution in [-0.2, 0) is 9.84 Å². The van der Waals surface area contributed by atoms with Gasteiger partial charge >= 0.3 is 0 Å². The van der Waals surface area contributed by atoms with E-state index in [4.69, 9.17) is 4.98 Å². The number of pyridine rings is 1. The van der Waals surface area contributed by atoms with Crippen LogP contribution in [0.5, 0.6) is 0 Å². The number of nitrogens with zero attached hydrogens (tertiary/aromatic N) is 3. The van der Waals surface area contributed by atoms with Gasteiger partial charge in [0, 0.05) is 6.04 Å². The van der Waals surface area contributed by atoms with Crippen LogP contribution in [0.2, 0.25) is 0 Å². The molecule has 1 saturated heterocycles. The van der Waals surface area contributed by atoms with Gasteiger partial charge in [0.25, 0.3) is 5.91 Å². The van der Waals surface area contributed by atoms with Gasteiger partial charge < -0.3 is 5.32 Å². The zero-order valence-corrected chi connectivity index (χ0v) is 20.0. The Kier molecular flexibility index (Phi) is 5.57. The average Bonchev–Trinajstić information content (AvgIpc) is 3.48. The monoisotopic (exact) mass is 472 g/mol. The van der Waals surface area contributed by atoms with E-state index in [1.165, 1.54) is 6.42 Å². The summed E-state index contributed by atoms with van der Waals surface area (Å²) in [5.41, 5.74) is 2.59. The number of thiophene rings is 1. The maximum atomic E-state index is 13.5. The quantitative estimate of drug-likeness (QED) is 0.616. The van der Waals surface area contributed by atoms with Gasteiger partial charge in [-0.2, -0.15) is 5.10 Å². The van der Waals surface area contributed by atoms with E-state index >= 15 is 0 Å². The Balaban J connectivity index is 1.62. The van der Waals surface area contributed by atoms with Gasteiger partial charge in [-0.3, -0.25) is 4.79 Å². The first-order chi connectivity index (χ1) is 15.3. The maximum absolute atomic E-state index is 13.5. The zero-order chi connectivity index (χ0) is 22.5. The van der Waals surface area contributed by atoms with Crippen LogP contribution in [0, 0.1) is 12.8 Å². The summed E-state index contributed by atoms with van der Waals surface area (Å²) in [5, 5.41) is 10.7. The molecule has 0 aromatic carbocycles. The number of carbonyl (C=O) groups is 1. The minimum absolute atomic E-state index is 0.0647. The molecule has 1 aliphatic heterocycles. The van der Waals surface area contributed by atoms with E-state index in [0.29, 0.717) is 29.2 Å². The summed E-state index contributed by atoms with van der Waals surface area (Å²) in [6.07, 6.45) is 4.99. The Bertz CT molecular complexity index is 1260. The van der Waals surface area contributed by atoms with Gasteiger partial charge in [-0.25, -0.2) is 18.1 Å². The van der Waals surface area contributed by atoms with Crippen molar-refractivity contribution in [3.05, 3.63) is 34.8 Å². The highest BCUT2D eigenvalue weighted by atomic mass is 32.2.